The fraction of sp³-hybridized carbons (Fsp3) is 0.158. The van der Waals surface area contributed by atoms with Crippen molar-refractivity contribution in [1.82, 2.24) is 10.3 Å². The van der Waals surface area contributed by atoms with Gasteiger partial charge in [-0.1, -0.05) is 25.1 Å². The average Bonchev–Trinajstić information content (AvgIpc) is 2.61. The summed E-state index contributed by atoms with van der Waals surface area (Å²) in [7, 11) is 0. The van der Waals surface area contributed by atoms with Crippen molar-refractivity contribution in [1.29, 1.82) is 0 Å². The summed E-state index contributed by atoms with van der Waals surface area (Å²) in [6.07, 6.45) is 2.03. The van der Waals surface area contributed by atoms with Gasteiger partial charge in [0.1, 0.15) is 11.6 Å². The minimum atomic E-state index is -0.486. The summed E-state index contributed by atoms with van der Waals surface area (Å²) in [5, 5.41) is 13.6. The van der Waals surface area contributed by atoms with Crippen LogP contribution in [0.2, 0.25) is 0 Å². The maximum absolute atomic E-state index is 13.4. The molecule has 0 aliphatic carbocycles. The summed E-state index contributed by atoms with van der Waals surface area (Å²) in [6.45, 7) is 1.86. The molecule has 1 atom stereocenters. The highest BCUT2D eigenvalue weighted by molar-refractivity contribution is 5.97. The Kier molecular flexibility index (Phi) is 4.42. The van der Waals surface area contributed by atoms with Crippen LogP contribution in [0.15, 0.2) is 54.7 Å². The molecule has 2 N–H and O–H groups in total. The second kappa shape index (κ2) is 6.66. The lowest BCUT2D eigenvalue weighted by Crippen LogP contribution is -2.28. The molecule has 0 aliphatic rings. The van der Waals surface area contributed by atoms with Gasteiger partial charge in [-0.25, -0.2) is 4.39 Å². The van der Waals surface area contributed by atoms with E-state index in [1.807, 2.05) is 31.2 Å². The molecule has 1 unspecified atom stereocenters. The van der Waals surface area contributed by atoms with Gasteiger partial charge in [0.15, 0.2) is 0 Å². The van der Waals surface area contributed by atoms with E-state index in [9.17, 15) is 14.3 Å². The molecule has 0 bridgehead atoms. The fourth-order valence-electron chi connectivity index (χ4n) is 2.64. The maximum atomic E-state index is 13.4. The number of rotatable bonds is 4. The van der Waals surface area contributed by atoms with Crippen LogP contribution in [-0.2, 0) is 0 Å². The molecule has 0 radical (unpaired) electrons. The van der Waals surface area contributed by atoms with Crippen molar-refractivity contribution in [2.75, 3.05) is 0 Å². The number of halogens is 1. The standard InChI is InChI=1S/C19H17FN2O2/c1-2-16(15-10-14(20)7-8-18(15)23)22-19(24)13-9-12-5-3-4-6-17(12)21-11-13/h3-11,16,23H,2H2,1H3,(H,22,24). The molecule has 0 saturated heterocycles. The lowest BCUT2D eigenvalue weighted by molar-refractivity contribution is 0.0935. The lowest BCUT2D eigenvalue weighted by Gasteiger charge is -2.18. The number of para-hydroxylation sites is 1. The number of aromatic hydroxyl groups is 1. The van der Waals surface area contributed by atoms with Crippen LogP contribution >= 0.6 is 0 Å². The second-order valence-electron chi connectivity index (χ2n) is 5.55. The Bertz CT molecular complexity index is 895. The summed E-state index contributed by atoms with van der Waals surface area (Å²) < 4.78 is 13.4. The Morgan fingerprint density at radius 2 is 2.04 bits per heavy atom. The monoisotopic (exact) mass is 324 g/mol. The third-order valence-electron chi connectivity index (χ3n) is 3.93. The Labute approximate surface area is 139 Å². The van der Waals surface area contributed by atoms with Gasteiger partial charge in [-0.3, -0.25) is 9.78 Å². The van der Waals surface area contributed by atoms with Crippen molar-refractivity contribution < 1.29 is 14.3 Å². The third kappa shape index (κ3) is 3.20. The smallest absolute Gasteiger partial charge is 0.253 e. The van der Waals surface area contributed by atoms with Gasteiger partial charge in [-0.05, 0) is 36.8 Å². The van der Waals surface area contributed by atoms with Gasteiger partial charge in [0.2, 0.25) is 0 Å². The number of hydrogen-bond acceptors (Lipinski definition) is 3. The minimum absolute atomic E-state index is 0.0415. The largest absolute Gasteiger partial charge is 0.508 e. The average molecular weight is 324 g/mol. The van der Waals surface area contributed by atoms with Gasteiger partial charge in [0.25, 0.3) is 5.91 Å². The number of hydrogen-bond donors (Lipinski definition) is 2. The molecule has 0 saturated carbocycles. The van der Waals surface area contributed by atoms with Crippen LogP contribution in [0.1, 0.15) is 35.3 Å². The fourth-order valence-corrected chi connectivity index (χ4v) is 2.64. The van der Waals surface area contributed by atoms with Gasteiger partial charge < -0.3 is 10.4 Å². The number of phenolic OH excluding ortho intramolecular Hbond substituents is 1. The zero-order valence-electron chi connectivity index (χ0n) is 13.2. The van der Waals surface area contributed by atoms with E-state index in [1.54, 1.807) is 6.07 Å². The molecule has 0 fully saturated rings. The molecule has 2 aromatic carbocycles. The van der Waals surface area contributed by atoms with E-state index in [1.165, 1.54) is 24.4 Å². The van der Waals surface area contributed by atoms with Gasteiger partial charge in [-0.2, -0.15) is 0 Å². The Morgan fingerprint density at radius 3 is 2.83 bits per heavy atom. The van der Waals surface area contributed by atoms with E-state index >= 15 is 0 Å². The summed E-state index contributed by atoms with van der Waals surface area (Å²) in [5.41, 5.74) is 1.59. The van der Waals surface area contributed by atoms with Crippen LogP contribution in [-0.4, -0.2) is 16.0 Å². The molecule has 0 spiro atoms. The van der Waals surface area contributed by atoms with E-state index in [2.05, 4.69) is 10.3 Å². The molecular formula is C19H17FN2O2. The Morgan fingerprint density at radius 1 is 1.25 bits per heavy atom. The topological polar surface area (TPSA) is 62.2 Å². The molecular weight excluding hydrogens is 307 g/mol. The number of fused-ring (bicyclic) bond motifs is 1. The van der Waals surface area contributed by atoms with Crippen molar-refractivity contribution in [3.05, 3.63) is 71.7 Å². The first-order valence-electron chi connectivity index (χ1n) is 7.72. The number of phenols is 1. The summed E-state index contributed by atoms with van der Waals surface area (Å²) >= 11 is 0. The number of benzene rings is 2. The van der Waals surface area contributed by atoms with Gasteiger partial charge >= 0.3 is 0 Å². The SMILES string of the molecule is CCC(NC(=O)c1cnc2ccccc2c1)c1cc(F)ccc1O. The third-order valence-corrected chi connectivity index (χ3v) is 3.93. The van der Waals surface area contributed by atoms with Crippen LogP contribution in [0.5, 0.6) is 5.75 Å². The molecule has 3 rings (SSSR count). The van der Waals surface area contributed by atoms with Crippen LogP contribution in [0.3, 0.4) is 0 Å². The highest BCUT2D eigenvalue weighted by Gasteiger charge is 2.18. The number of amides is 1. The van der Waals surface area contributed by atoms with Gasteiger partial charge in [0, 0.05) is 17.1 Å². The number of pyridine rings is 1. The van der Waals surface area contributed by atoms with Crippen molar-refractivity contribution in [2.45, 2.75) is 19.4 Å². The van der Waals surface area contributed by atoms with Crippen molar-refractivity contribution >= 4 is 16.8 Å². The van der Waals surface area contributed by atoms with E-state index in [0.29, 0.717) is 17.5 Å². The van der Waals surface area contributed by atoms with Crippen molar-refractivity contribution in [3.8, 4) is 5.75 Å². The normalized spacial score (nSPS) is 12.1. The molecule has 24 heavy (non-hydrogen) atoms. The lowest BCUT2D eigenvalue weighted by atomic mass is 10.0. The van der Waals surface area contributed by atoms with Crippen LogP contribution in [0.4, 0.5) is 4.39 Å². The first-order valence-corrected chi connectivity index (χ1v) is 7.72. The molecule has 5 heteroatoms. The summed E-state index contributed by atoms with van der Waals surface area (Å²) in [4.78, 5) is 16.8. The summed E-state index contributed by atoms with van der Waals surface area (Å²) in [5.74, 6) is -0.813. The van der Waals surface area contributed by atoms with Crippen LogP contribution in [0.25, 0.3) is 10.9 Å². The number of nitrogens with one attached hydrogen (secondary N) is 1. The van der Waals surface area contributed by atoms with E-state index in [4.69, 9.17) is 0 Å². The van der Waals surface area contributed by atoms with E-state index < -0.39 is 11.9 Å². The second-order valence-corrected chi connectivity index (χ2v) is 5.55. The highest BCUT2D eigenvalue weighted by Crippen LogP contribution is 2.27. The van der Waals surface area contributed by atoms with E-state index in [-0.39, 0.29) is 11.7 Å². The first kappa shape index (κ1) is 15.9. The van der Waals surface area contributed by atoms with Gasteiger partial charge in [0.05, 0.1) is 17.1 Å². The van der Waals surface area contributed by atoms with Crippen LogP contribution < -0.4 is 5.32 Å². The molecule has 3 aromatic rings. The molecule has 1 heterocycles. The minimum Gasteiger partial charge on any atom is -0.508 e. The molecule has 1 amide bonds. The van der Waals surface area contributed by atoms with Gasteiger partial charge in [-0.15, -0.1) is 0 Å². The van der Waals surface area contributed by atoms with Crippen molar-refractivity contribution in [3.63, 3.8) is 0 Å². The van der Waals surface area contributed by atoms with E-state index in [0.717, 1.165) is 10.9 Å². The number of carbonyl (C=O) groups is 1. The molecule has 122 valence electrons. The molecule has 4 nitrogen and oxygen atoms in total. The predicted octanol–water partition coefficient (Wildman–Crippen LogP) is 3.96. The summed E-state index contributed by atoms with van der Waals surface area (Å²) in [6, 6.07) is 12.5. The number of nitrogens with zero attached hydrogens (tertiary/aromatic N) is 1. The Hall–Kier alpha value is -2.95. The molecule has 0 aliphatic heterocycles. The molecule has 1 aromatic heterocycles. The number of aromatic nitrogens is 1. The predicted molar refractivity (Wildman–Crippen MR) is 90.3 cm³/mol. The maximum Gasteiger partial charge on any atom is 0.253 e. The zero-order chi connectivity index (χ0) is 17.1. The zero-order valence-corrected chi connectivity index (χ0v) is 13.2. The van der Waals surface area contributed by atoms with Crippen molar-refractivity contribution in [2.24, 2.45) is 0 Å². The highest BCUT2D eigenvalue weighted by atomic mass is 19.1. The Balaban J connectivity index is 1.87. The number of carbonyl (C=O) groups excluding carboxylic acids is 1. The quantitative estimate of drug-likeness (QED) is 0.763. The first-order chi connectivity index (χ1) is 11.6. The van der Waals surface area contributed by atoms with Crippen LogP contribution in [0, 0.1) is 5.82 Å².